The highest BCUT2D eigenvalue weighted by Crippen LogP contribution is 2.24. The van der Waals surface area contributed by atoms with Crippen LogP contribution in [0.3, 0.4) is 0 Å². The Morgan fingerprint density at radius 2 is 1.85 bits per heavy atom. The van der Waals surface area contributed by atoms with E-state index in [4.69, 9.17) is 9.47 Å². The van der Waals surface area contributed by atoms with Crippen LogP contribution in [-0.2, 0) is 4.74 Å². The first-order valence-electron chi connectivity index (χ1n) is 6.66. The van der Waals surface area contributed by atoms with E-state index in [9.17, 15) is 0 Å². The highest BCUT2D eigenvalue weighted by Gasteiger charge is 2.11. The van der Waals surface area contributed by atoms with Crippen molar-refractivity contribution in [2.75, 3.05) is 38.3 Å². The van der Waals surface area contributed by atoms with Gasteiger partial charge in [-0.25, -0.2) is 9.97 Å². The van der Waals surface area contributed by atoms with Crippen molar-refractivity contribution in [2.24, 2.45) is 0 Å². The summed E-state index contributed by atoms with van der Waals surface area (Å²) in [5.41, 5.74) is 3.30. The lowest BCUT2D eigenvalue weighted by molar-refractivity contribution is 0.122. The maximum atomic E-state index is 5.39. The van der Waals surface area contributed by atoms with Gasteiger partial charge in [0.15, 0.2) is 0 Å². The van der Waals surface area contributed by atoms with Crippen LogP contribution in [0.2, 0.25) is 0 Å². The Hall–Kier alpha value is -2.14. The number of nitrogens with zero attached hydrogens (tertiary/aromatic N) is 3. The maximum Gasteiger partial charge on any atom is 0.316 e. The van der Waals surface area contributed by atoms with E-state index in [0.717, 1.165) is 37.4 Å². The van der Waals surface area contributed by atoms with E-state index in [-0.39, 0.29) is 0 Å². The van der Waals surface area contributed by atoms with Crippen LogP contribution in [0.4, 0.5) is 5.69 Å². The van der Waals surface area contributed by atoms with Gasteiger partial charge in [-0.15, -0.1) is 0 Å². The number of ether oxygens (including phenoxy) is 2. The highest BCUT2D eigenvalue weighted by atomic mass is 16.5. The fraction of sp³-hybridized carbons (Fsp3) is 0.333. The molecule has 0 bridgehead atoms. The second-order valence-electron chi connectivity index (χ2n) is 4.61. The molecule has 0 unspecified atom stereocenters. The summed E-state index contributed by atoms with van der Waals surface area (Å²) in [6.07, 6.45) is 3.56. The second-order valence-corrected chi connectivity index (χ2v) is 4.61. The number of hydrogen-bond acceptors (Lipinski definition) is 5. The molecule has 0 atom stereocenters. The molecular formula is C15H17N3O2. The number of aromatic nitrogens is 2. The fourth-order valence-corrected chi connectivity index (χ4v) is 2.27. The molecule has 0 saturated carbocycles. The van der Waals surface area contributed by atoms with Gasteiger partial charge in [0.2, 0.25) is 0 Å². The smallest absolute Gasteiger partial charge is 0.316 e. The molecule has 3 rings (SSSR count). The Kier molecular flexibility index (Phi) is 3.78. The van der Waals surface area contributed by atoms with E-state index in [1.807, 2.05) is 0 Å². The molecule has 2 heterocycles. The van der Waals surface area contributed by atoms with Gasteiger partial charge in [0, 0.05) is 36.7 Å². The van der Waals surface area contributed by atoms with Gasteiger partial charge >= 0.3 is 6.01 Å². The minimum absolute atomic E-state index is 0.387. The zero-order valence-electron chi connectivity index (χ0n) is 11.5. The second kappa shape index (κ2) is 5.88. The molecule has 1 aliphatic heterocycles. The molecule has 1 aromatic heterocycles. The lowest BCUT2D eigenvalue weighted by atomic mass is 10.1. The number of morpholine rings is 1. The average molecular weight is 271 g/mol. The first-order valence-corrected chi connectivity index (χ1v) is 6.66. The summed E-state index contributed by atoms with van der Waals surface area (Å²) in [6, 6.07) is 8.80. The summed E-state index contributed by atoms with van der Waals surface area (Å²) in [5.74, 6) is 0. The van der Waals surface area contributed by atoms with E-state index < -0.39 is 0 Å². The van der Waals surface area contributed by atoms with Crippen LogP contribution in [0.5, 0.6) is 6.01 Å². The number of hydrogen-bond donors (Lipinski definition) is 0. The summed E-state index contributed by atoms with van der Waals surface area (Å²) in [7, 11) is 1.56. The Bertz CT molecular complexity index is 566. The summed E-state index contributed by atoms with van der Waals surface area (Å²) in [4.78, 5) is 10.6. The first kappa shape index (κ1) is 12.9. The van der Waals surface area contributed by atoms with Crippen molar-refractivity contribution >= 4 is 5.69 Å². The molecule has 0 amide bonds. The molecule has 104 valence electrons. The van der Waals surface area contributed by atoms with Crippen molar-refractivity contribution in [3.63, 3.8) is 0 Å². The van der Waals surface area contributed by atoms with Gasteiger partial charge in [0.25, 0.3) is 0 Å². The number of methoxy groups -OCH3 is 1. The van der Waals surface area contributed by atoms with Gasteiger partial charge in [-0.2, -0.15) is 0 Å². The Labute approximate surface area is 118 Å². The van der Waals surface area contributed by atoms with Crippen molar-refractivity contribution in [1.82, 2.24) is 9.97 Å². The quantitative estimate of drug-likeness (QED) is 0.854. The van der Waals surface area contributed by atoms with Gasteiger partial charge in [-0.1, -0.05) is 12.1 Å². The van der Waals surface area contributed by atoms with E-state index >= 15 is 0 Å². The molecule has 20 heavy (non-hydrogen) atoms. The largest absolute Gasteiger partial charge is 0.467 e. The minimum Gasteiger partial charge on any atom is -0.467 e. The summed E-state index contributed by atoms with van der Waals surface area (Å²) < 4.78 is 10.4. The zero-order chi connectivity index (χ0) is 13.8. The molecule has 2 aromatic rings. The van der Waals surface area contributed by atoms with Crippen molar-refractivity contribution in [2.45, 2.75) is 0 Å². The van der Waals surface area contributed by atoms with E-state index in [1.165, 1.54) is 5.69 Å². The van der Waals surface area contributed by atoms with Crippen LogP contribution >= 0.6 is 0 Å². The molecule has 1 saturated heterocycles. The number of rotatable bonds is 3. The van der Waals surface area contributed by atoms with E-state index in [2.05, 4.69) is 39.1 Å². The molecule has 0 spiro atoms. The van der Waals surface area contributed by atoms with Gasteiger partial charge in [-0.3, -0.25) is 0 Å². The normalized spacial score (nSPS) is 15.2. The predicted octanol–water partition coefficient (Wildman–Crippen LogP) is 1.99. The fourth-order valence-electron chi connectivity index (χ4n) is 2.27. The van der Waals surface area contributed by atoms with Gasteiger partial charge in [0.1, 0.15) is 0 Å². The average Bonchev–Trinajstić information content (AvgIpc) is 2.56. The topological polar surface area (TPSA) is 47.5 Å². The maximum absolute atomic E-state index is 5.39. The summed E-state index contributed by atoms with van der Waals surface area (Å²) in [5, 5.41) is 0. The standard InChI is InChI=1S/C15H17N3O2/c1-19-15-16-10-13(11-17-15)12-3-2-4-14(9-12)18-5-7-20-8-6-18/h2-4,9-11H,5-8H2,1H3. The van der Waals surface area contributed by atoms with Crippen LogP contribution in [0.25, 0.3) is 11.1 Å². The lowest BCUT2D eigenvalue weighted by Gasteiger charge is -2.29. The van der Waals surface area contributed by atoms with E-state index in [1.54, 1.807) is 19.5 Å². The summed E-state index contributed by atoms with van der Waals surface area (Å²) in [6.45, 7) is 3.44. The first-order chi connectivity index (χ1) is 9.86. The SMILES string of the molecule is COc1ncc(-c2cccc(N3CCOCC3)c2)cn1. The Balaban J connectivity index is 1.85. The molecule has 1 fully saturated rings. The highest BCUT2D eigenvalue weighted by molar-refractivity contribution is 5.67. The van der Waals surface area contributed by atoms with Crippen molar-refractivity contribution in [3.05, 3.63) is 36.7 Å². The minimum atomic E-state index is 0.387. The molecule has 0 N–H and O–H groups in total. The Morgan fingerprint density at radius 1 is 1.10 bits per heavy atom. The van der Waals surface area contributed by atoms with Crippen molar-refractivity contribution in [1.29, 1.82) is 0 Å². The number of benzene rings is 1. The molecule has 1 aromatic carbocycles. The third kappa shape index (κ3) is 2.72. The van der Waals surface area contributed by atoms with Crippen LogP contribution in [-0.4, -0.2) is 43.4 Å². The van der Waals surface area contributed by atoms with Gasteiger partial charge < -0.3 is 14.4 Å². The van der Waals surface area contributed by atoms with Gasteiger partial charge in [-0.05, 0) is 17.7 Å². The lowest BCUT2D eigenvalue weighted by Crippen LogP contribution is -2.36. The van der Waals surface area contributed by atoms with Crippen molar-refractivity contribution in [3.8, 4) is 17.1 Å². The van der Waals surface area contributed by atoms with Crippen LogP contribution in [0, 0.1) is 0 Å². The molecule has 0 radical (unpaired) electrons. The van der Waals surface area contributed by atoms with E-state index in [0.29, 0.717) is 6.01 Å². The molecule has 0 aliphatic carbocycles. The third-order valence-electron chi connectivity index (χ3n) is 3.37. The summed E-state index contributed by atoms with van der Waals surface area (Å²) >= 11 is 0. The molecule has 1 aliphatic rings. The third-order valence-corrected chi connectivity index (χ3v) is 3.37. The van der Waals surface area contributed by atoms with Gasteiger partial charge in [0.05, 0.1) is 20.3 Å². The molecular weight excluding hydrogens is 254 g/mol. The zero-order valence-corrected chi connectivity index (χ0v) is 11.5. The van der Waals surface area contributed by atoms with Crippen molar-refractivity contribution < 1.29 is 9.47 Å². The van der Waals surface area contributed by atoms with Crippen LogP contribution in [0.15, 0.2) is 36.7 Å². The van der Waals surface area contributed by atoms with Crippen LogP contribution < -0.4 is 9.64 Å². The molecule has 5 nitrogen and oxygen atoms in total. The monoisotopic (exact) mass is 271 g/mol. The number of anilines is 1. The van der Waals surface area contributed by atoms with Crippen LogP contribution in [0.1, 0.15) is 0 Å². The predicted molar refractivity (Wildman–Crippen MR) is 77.1 cm³/mol. The Morgan fingerprint density at radius 3 is 2.55 bits per heavy atom. The molecule has 5 heteroatoms.